The van der Waals surface area contributed by atoms with Gasteiger partial charge in [-0.3, -0.25) is 9.59 Å². The Morgan fingerprint density at radius 1 is 0.961 bits per heavy atom. The summed E-state index contributed by atoms with van der Waals surface area (Å²) in [5.41, 5.74) is 1.87. The highest BCUT2D eigenvalue weighted by Gasteiger charge is 2.38. The number of halogens is 1. The Bertz CT molecular complexity index is 1600. The van der Waals surface area contributed by atoms with Crippen LogP contribution in [0, 0.1) is 17.2 Å². The number of amides is 3. The van der Waals surface area contributed by atoms with Gasteiger partial charge in [-0.2, -0.15) is 0 Å². The first kappa shape index (κ1) is 39.2. The Morgan fingerprint density at radius 3 is 2.24 bits per heavy atom. The van der Waals surface area contributed by atoms with Crippen LogP contribution in [0.4, 0.5) is 9.18 Å². The zero-order valence-electron chi connectivity index (χ0n) is 30.2. The number of aliphatic hydroxyl groups excluding tert-OH is 2. The first-order valence-electron chi connectivity index (χ1n) is 17.4. The molecular weight excluding hydrogens is 655 g/mol. The summed E-state index contributed by atoms with van der Waals surface area (Å²) >= 11 is 0. The zero-order chi connectivity index (χ0) is 37.3. The van der Waals surface area contributed by atoms with Crippen LogP contribution in [0.1, 0.15) is 70.4 Å². The van der Waals surface area contributed by atoms with Gasteiger partial charge in [0.15, 0.2) is 0 Å². The summed E-state index contributed by atoms with van der Waals surface area (Å²) in [6.07, 6.45) is 0.923. The van der Waals surface area contributed by atoms with Gasteiger partial charge in [0.1, 0.15) is 11.9 Å². The second-order valence-electron chi connectivity index (χ2n) is 14.4. The minimum absolute atomic E-state index is 0.00393. The SMILES string of the molecule is COC(=O)N[C@H](C(=O)N[C@@H](Cc1ccc(-c2ccc(OC)nc2)cc1)[C@@H](O)CC(C(=O)N[C@H]1[C@H](C)CCC[C@H]1O)c1ccccc1F)C(C)(C)C. The molecule has 12 heteroatoms. The van der Waals surface area contributed by atoms with E-state index in [2.05, 4.69) is 20.9 Å². The lowest BCUT2D eigenvalue weighted by atomic mass is 9.82. The van der Waals surface area contributed by atoms with Gasteiger partial charge in [0.05, 0.1) is 44.4 Å². The van der Waals surface area contributed by atoms with E-state index in [1.54, 1.807) is 46.2 Å². The highest BCUT2D eigenvalue weighted by Crippen LogP contribution is 2.30. The predicted octanol–water partition coefficient (Wildman–Crippen LogP) is 4.89. The summed E-state index contributed by atoms with van der Waals surface area (Å²) in [5, 5.41) is 31.1. The summed E-state index contributed by atoms with van der Waals surface area (Å²) in [4.78, 5) is 44.3. The number of aliphatic hydroxyl groups is 2. The normalized spacial score (nSPS) is 19.9. The van der Waals surface area contributed by atoms with Gasteiger partial charge in [-0.25, -0.2) is 14.2 Å². The van der Waals surface area contributed by atoms with Crippen LogP contribution in [-0.4, -0.2) is 77.7 Å². The van der Waals surface area contributed by atoms with E-state index in [1.165, 1.54) is 25.3 Å². The maximum absolute atomic E-state index is 15.3. The lowest BCUT2D eigenvalue weighted by Gasteiger charge is -2.36. The van der Waals surface area contributed by atoms with Crippen molar-refractivity contribution in [2.24, 2.45) is 11.3 Å². The van der Waals surface area contributed by atoms with E-state index >= 15 is 4.39 Å². The smallest absolute Gasteiger partial charge is 0.407 e. The molecule has 51 heavy (non-hydrogen) atoms. The summed E-state index contributed by atoms with van der Waals surface area (Å²) < 4.78 is 25.2. The number of hydrogen-bond acceptors (Lipinski definition) is 8. The number of benzene rings is 2. The van der Waals surface area contributed by atoms with E-state index in [9.17, 15) is 24.6 Å². The number of nitrogens with one attached hydrogen (secondary N) is 3. The number of alkyl carbamates (subject to hydrolysis) is 1. The molecular formula is C39H51FN4O7. The maximum atomic E-state index is 15.3. The van der Waals surface area contributed by atoms with Crippen LogP contribution in [0.15, 0.2) is 66.9 Å². The van der Waals surface area contributed by atoms with Gasteiger partial charge in [-0.1, -0.05) is 76.6 Å². The summed E-state index contributed by atoms with van der Waals surface area (Å²) in [6, 6.07) is 14.5. The number of nitrogens with zero attached hydrogens (tertiary/aromatic N) is 1. The highest BCUT2D eigenvalue weighted by atomic mass is 19.1. The Morgan fingerprint density at radius 2 is 1.65 bits per heavy atom. The van der Waals surface area contributed by atoms with Crippen molar-refractivity contribution in [3.63, 3.8) is 0 Å². The van der Waals surface area contributed by atoms with Crippen molar-refractivity contribution in [2.75, 3.05) is 14.2 Å². The minimum atomic E-state index is -1.35. The van der Waals surface area contributed by atoms with Crippen LogP contribution < -0.4 is 20.7 Å². The molecule has 276 valence electrons. The maximum Gasteiger partial charge on any atom is 0.407 e. The number of hydrogen-bond donors (Lipinski definition) is 5. The molecule has 11 nitrogen and oxygen atoms in total. The molecule has 2 aromatic carbocycles. The molecule has 0 bridgehead atoms. The van der Waals surface area contributed by atoms with Crippen LogP contribution >= 0.6 is 0 Å². The Hall–Kier alpha value is -4.55. The topological polar surface area (TPSA) is 159 Å². The van der Waals surface area contributed by atoms with Crippen LogP contribution in [-0.2, 0) is 20.7 Å². The fourth-order valence-electron chi connectivity index (χ4n) is 6.59. The van der Waals surface area contributed by atoms with Gasteiger partial charge >= 0.3 is 6.09 Å². The fourth-order valence-corrected chi connectivity index (χ4v) is 6.59. The van der Waals surface area contributed by atoms with Gasteiger partial charge in [0.2, 0.25) is 17.7 Å². The molecule has 7 atom stereocenters. The summed E-state index contributed by atoms with van der Waals surface area (Å²) in [6.45, 7) is 7.30. The number of pyridine rings is 1. The van der Waals surface area contributed by atoms with Crippen molar-refractivity contribution in [1.82, 2.24) is 20.9 Å². The summed E-state index contributed by atoms with van der Waals surface area (Å²) in [7, 11) is 2.74. The Balaban J connectivity index is 1.65. The van der Waals surface area contributed by atoms with Crippen molar-refractivity contribution in [3.8, 4) is 17.0 Å². The molecule has 1 aromatic heterocycles. The fraction of sp³-hybridized carbons (Fsp3) is 0.487. The molecule has 0 saturated heterocycles. The van der Waals surface area contributed by atoms with Crippen molar-refractivity contribution in [1.29, 1.82) is 0 Å². The van der Waals surface area contributed by atoms with Crippen LogP contribution in [0.5, 0.6) is 5.88 Å². The average molecular weight is 707 g/mol. The molecule has 1 aliphatic rings. The molecule has 3 amide bonds. The molecule has 1 fully saturated rings. The molecule has 1 saturated carbocycles. The third-order valence-corrected chi connectivity index (χ3v) is 9.63. The Kier molecular flexibility index (Phi) is 13.5. The van der Waals surface area contributed by atoms with Gasteiger partial charge in [-0.15, -0.1) is 0 Å². The van der Waals surface area contributed by atoms with Gasteiger partial charge in [-0.05, 0) is 60.3 Å². The third-order valence-electron chi connectivity index (χ3n) is 9.63. The second kappa shape index (κ2) is 17.6. The molecule has 3 aromatic rings. The van der Waals surface area contributed by atoms with Crippen molar-refractivity contribution < 1.29 is 38.5 Å². The van der Waals surface area contributed by atoms with Crippen LogP contribution in [0.25, 0.3) is 11.1 Å². The molecule has 0 spiro atoms. The second-order valence-corrected chi connectivity index (χ2v) is 14.4. The molecule has 1 unspecified atom stereocenters. The van der Waals surface area contributed by atoms with Gasteiger partial charge in [0, 0.05) is 23.4 Å². The number of carbonyl (C=O) groups excluding carboxylic acids is 3. The standard InChI is InChI=1S/C39H51FN4O7/c1-23-10-9-13-31(45)34(23)43-36(47)28(27-11-7-8-12-29(27)40)21-32(46)30(42-37(48)35(39(2,3)4)44-38(49)51-6)20-24-14-16-25(17-15-24)26-18-19-33(50-5)41-22-26/h7-8,11-12,14-19,22-23,28,30-32,34-35,45-46H,9-10,13,20-21H2,1-6H3,(H,42,48)(H,43,47)(H,44,49)/t23-,28?,30+,31-,32+,34+,35-/m1/s1. The number of methoxy groups -OCH3 is 2. The van der Waals surface area contributed by atoms with Crippen LogP contribution in [0.2, 0.25) is 0 Å². The quantitative estimate of drug-likeness (QED) is 0.168. The largest absolute Gasteiger partial charge is 0.481 e. The molecule has 1 aliphatic carbocycles. The monoisotopic (exact) mass is 706 g/mol. The molecule has 5 N–H and O–H groups in total. The molecule has 0 aliphatic heterocycles. The first-order chi connectivity index (χ1) is 24.2. The van der Waals surface area contributed by atoms with E-state index in [4.69, 9.17) is 9.47 Å². The lowest BCUT2D eigenvalue weighted by Crippen LogP contribution is -2.58. The predicted molar refractivity (Wildman–Crippen MR) is 191 cm³/mol. The first-order valence-corrected chi connectivity index (χ1v) is 17.4. The Labute approximate surface area is 299 Å². The van der Waals surface area contributed by atoms with Crippen molar-refractivity contribution >= 4 is 17.9 Å². The highest BCUT2D eigenvalue weighted by molar-refractivity contribution is 5.87. The molecule has 0 radical (unpaired) electrons. The molecule has 1 heterocycles. The van der Waals surface area contributed by atoms with Crippen LogP contribution in [0.3, 0.4) is 0 Å². The van der Waals surface area contributed by atoms with E-state index < -0.39 is 65.4 Å². The van der Waals surface area contributed by atoms with E-state index in [-0.39, 0.29) is 24.3 Å². The van der Waals surface area contributed by atoms with E-state index in [1.807, 2.05) is 37.3 Å². The summed E-state index contributed by atoms with van der Waals surface area (Å²) in [5.74, 6) is -2.35. The third kappa shape index (κ3) is 10.5. The lowest BCUT2D eigenvalue weighted by molar-refractivity contribution is -0.127. The van der Waals surface area contributed by atoms with E-state index in [0.29, 0.717) is 12.3 Å². The number of carbonyl (C=O) groups is 3. The number of aromatic nitrogens is 1. The van der Waals surface area contributed by atoms with Gasteiger partial charge in [0.25, 0.3) is 0 Å². The molecule has 4 rings (SSSR count). The zero-order valence-corrected chi connectivity index (χ0v) is 30.2. The van der Waals surface area contributed by atoms with E-state index in [0.717, 1.165) is 29.5 Å². The average Bonchev–Trinajstić information content (AvgIpc) is 3.10. The number of rotatable bonds is 13. The number of ether oxygens (including phenoxy) is 2. The van der Waals surface area contributed by atoms with Gasteiger partial charge < -0.3 is 35.6 Å². The minimum Gasteiger partial charge on any atom is -0.481 e. The van der Waals surface area contributed by atoms with Crippen molar-refractivity contribution in [2.45, 2.75) is 96.1 Å². The van der Waals surface area contributed by atoms with Crippen molar-refractivity contribution in [3.05, 3.63) is 83.8 Å².